The molecule has 0 aromatic heterocycles. The molecule has 8 nitrogen and oxygen atoms in total. The second-order valence-electron chi connectivity index (χ2n) is 5.41. The van der Waals surface area contributed by atoms with E-state index in [2.05, 4.69) is 20.9 Å². The van der Waals surface area contributed by atoms with Crippen LogP contribution < -0.4 is 21.1 Å². The molecule has 8 heteroatoms. The summed E-state index contributed by atoms with van der Waals surface area (Å²) in [6.07, 6.45) is 0. The number of rotatable bonds is 7. The Labute approximate surface area is 130 Å². The van der Waals surface area contributed by atoms with Gasteiger partial charge in [-0.05, 0) is 26.7 Å². The van der Waals surface area contributed by atoms with Gasteiger partial charge in [-0.25, -0.2) is 0 Å². The Balaban J connectivity index is 4.46. The minimum Gasteiger partial charge on any atom is -0.861 e. The van der Waals surface area contributed by atoms with Crippen LogP contribution in [-0.4, -0.2) is 48.8 Å². The highest BCUT2D eigenvalue weighted by Gasteiger charge is 2.22. The van der Waals surface area contributed by atoms with Crippen LogP contribution in [0.25, 0.3) is 0 Å². The SMILES string of the molecule is CN=C([O-])C(C)NC(=O)C(C)NC(=O)C(C)NC(=O)C(C)C. The van der Waals surface area contributed by atoms with Crippen LogP contribution in [0.2, 0.25) is 0 Å². The molecule has 0 aromatic carbocycles. The summed E-state index contributed by atoms with van der Waals surface area (Å²) in [7, 11) is 1.34. The fraction of sp³-hybridized carbons (Fsp3) is 0.714. The fourth-order valence-corrected chi connectivity index (χ4v) is 1.44. The van der Waals surface area contributed by atoms with Gasteiger partial charge in [0, 0.05) is 13.0 Å². The lowest BCUT2D eigenvalue weighted by Crippen LogP contribution is -2.54. The zero-order chi connectivity index (χ0) is 17.4. The van der Waals surface area contributed by atoms with Gasteiger partial charge in [0.15, 0.2) is 0 Å². The van der Waals surface area contributed by atoms with Crippen LogP contribution in [0.5, 0.6) is 0 Å². The number of hydrogen-bond acceptors (Lipinski definition) is 5. The maximum atomic E-state index is 11.9. The van der Waals surface area contributed by atoms with Crippen molar-refractivity contribution >= 4 is 23.6 Å². The predicted octanol–water partition coefficient (Wildman–Crippen LogP) is -1.45. The van der Waals surface area contributed by atoms with Gasteiger partial charge in [-0.1, -0.05) is 13.8 Å². The summed E-state index contributed by atoms with van der Waals surface area (Å²) in [5.74, 6) is -1.91. The van der Waals surface area contributed by atoms with E-state index in [1.165, 1.54) is 27.8 Å². The molecule has 3 N–H and O–H groups in total. The quantitative estimate of drug-likeness (QED) is 0.393. The lowest BCUT2D eigenvalue weighted by Gasteiger charge is -2.23. The Hall–Kier alpha value is -2.12. The standard InChI is InChI=1S/C14H26N4O4/c1-7(2)11(19)16-9(4)13(21)18-10(5)14(22)17-8(3)12(20)15-6/h7-10H,1-6H3,(H,15,20)(H,16,19)(H,17,22)(H,18,21)/p-1. The molecular weight excluding hydrogens is 288 g/mol. The maximum Gasteiger partial charge on any atom is 0.242 e. The lowest BCUT2D eigenvalue weighted by molar-refractivity contribution is -0.221. The highest BCUT2D eigenvalue weighted by Crippen LogP contribution is 1.94. The Morgan fingerprint density at radius 2 is 1.14 bits per heavy atom. The Morgan fingerprint density at radius 3 is 1.50 bits per heavy atom. The smallest absolute Gasteiger partial charge is 0.242 e. The Morgan fingerprint density at radius 1 is 0.773 bits per heavy atom. The van der Waals surface area contributed by atoms with E-state index in [1.807, 2.05) is 0 Å². The average Bonchev–Trinajstić information content (AvgIpc) is 2.45. The van der Waals surface area contributed by atoms with Crippen LogP contribution in [0.15, 0.2) is 4.99 Å². The first kappa shape index (κ1) is 19.9. The molecule has 0 aliphatic rings. The second-order valence-corrected chi connectivity index (χ2v) is 5.41. The molecule has 0 spiro atoms. The van der Waals surface area contributed by atoms with E-state index >= 15 is 0 Å². The van der Waals surface area contributed by atoms with Crippen LogP contribution in [0.3, 0.4) is 0 Å². The van der Waals surface area contributed by atoms with Crippen molar-refractivity contribution in [3.63, 3.8) is 0 Å². The average molecular weight is 313 g/mol. The molecular formula is C14H25N4O4-. The van der Waals surface area contributed by atoms with Crippen LogP contribution in [0.4, 0.5) is 0 Å². The summed E-state index contributed by atoms with van der Waals surface area (Å²) in [6, 6.07) is -2.34. The number of aliphatic imine (C=N–C) groups is 1. The number of hydrogen-bond donors (Lipinski definition) is 3. The molecule has 3 amide bonds. The molecule has 0 saturated heterocycles. The van der Waals surface area contributed by atoms with Crippen molar-refractivity contribution in [2.24, 2.45) is 10.9 Å². The first-order valence-corrected chi connectivity index (χ1v) is 7.14. The summed E-state index contributed by atoms with van der Waals surface area (Å²) in [5.41, 5.74) is 0. The normalized spacial score (nSPS) is 15.7. The molecule has 0 aliphatic carbocycles. The van der Waals surface area contributed by atoms with E-state index in [1.54, 1.807) is 13.8 Å². The molecule has 0 heterocycles. The van der Waals surface area contributed by atoms with Gasteiger partial charge in [0.1, 0.15) is 12.1 Å². The van der Waals surface area contributed by atoms with E-state index in [0.29, 0.717) is 0 Å². The van der Waals surface area contributed by atoms with Crippen LogP contribution >= 0.6 is 0 Å². The number of carbonyl (C=O) groups excluding carboxylic acids is 3. The Bertz CT molecular complexity index is 448. The minimum atomic E-state index is -0.835. The third-order valence-corrected chi connectivity index (χ3v) is 2.98. The highest BCUT2D eigenvalue weighted by molar-refractivity contribution is 5.93. The lowest BCUT2D eigenvalue weighted by atomic mass is 10.2. The van der Waals surface area contributed by atoms with Crippen LogP contribution in [0, 0.1) is 5.92 Å². The van der Waals surface area contributed by atoms with Crippen molar-refractivity contribution in [2.45, 2.75) is 52.7 Å². The summed E-state index contributed by atoms with van der Waals surface area (Å²) in [4.78, 5) is 38.7. The van der Waals surface area contributed by atoms with Crippen molar-refractivity contribution < 1.29 is 19.5 Å². The highest BCUT2D eigenvalue weighted by atomic mass is 16.3. The topological polar surface area (TPSA) is 123 Å². The number of amides is 3. The van der Waals surface area contributed by atoms with Crippen LogP contribution in [-0.2, 0) is 14.4 Å². The third-order valence-electron chi connectivity index (χ3n) is 2.98. The van der Waals surface area contributed by atoms with E-state index < -0.39 is 35.8 Å². The van der Waals surface area contributed by atoms with Crippen molar-refractivity contribution in [3.8, 4) is 0 Å². The molecule has 22 heavy (non-hydrogen) atoms. The van der Waals surface area contributed by atoms with Gasteiger partial charge in [0.2, 0.25) is 17.7 Å². The number of nitrogens with one attached hydrogen (secondary N) is 3. The van der Waals surface area contributed by atoms with E-state index in [4.69, 9.17) is 0 Å². The molecule has 0 saturated carbocycles. The molecule has 0 bridgehead atoms. The third kappa shape index (κ3) is 6.55. The second kappa shape index (κ2) is 9.01. The largest absolute Gasteiger partial charge is 0.861 e. The van der Waals surface area contributed by atoms with Gasteiger partial charge >= 0.3 is 0 Å². The number of carbonyl (C=O) groups is 3. The first-order valence-electron chi connectivity index (χ1n) is 7.14. The molecule has 126 valence electrons. The maximum absolute atomic E-state index is 11.9. The molecule has 0 fully saturated rings. The van der Waals surface area contributed by atoms with Gasteiger partial charge < -0.3 is 26.0 Å². The van der Waals surface area contributed by atoms with Crippen molar-refractivity contribution in [3.05, 3.63) is 0 Å². The minimum absolute atomic E-state index is 0.236. The van der Waals surface area contributed by atoms with Crippen molar-refractivity contribution in [1.82, 2.24) is 16.0 Å². The Kier molecular flexibility index (Phi) is 8.14. The molecule has 0 radical (unpaired) electrons. The van der Waals surface area contributed by atoms with Gasteiger partial charge in [-0.2, -0.15) is 0 Å². The first-order chi connectivity index (χ1) is 10.1. The van der Waals surface area contributed by atoms with Gasteiger partial charge in [-0.3, -0.25) is 14.4 Å². The van der Waals surface area contributed by atoms with E-state index in [-0.39, 0.29) is 11.8 Å². The van der Waals surface area contributed by atoms with Crippen molar-refractivity contribution in [1.29, 1.82) is 0 Å². The summed E-state index contributed by atoms with van der Waals surface area (Å²) >= 11 is 0. The zero-order valence-corrected chi connectivity index (χ0v) is 13.9. The number of nitrogens with zero attached hydrogens (tertiary/aromatic N) is 1. The summed E-state index contributed by atoms with van der Waals surface area (Å²) in [6.45, 7) is 7.96. The zero-order valence-electron chi connectivity index (χ0n) is 13.9. The van der Waals surface area contributed by atoms with Gasteiger partial charge in [0.05, 0.1) is 6.04 Å². The van der Waals surface area contributed by atoms with E-state index in [0.717, 1.165) is 0 Å². The predicted molar refractivity (Wildman–Crippen MR) is 81.0 cm³/mol. The molecule has 3 unspecified atom stereocenters. The van der Waals surface area contributed by atoms with Crippen LogP contribution in [0.1, 0.15) is 34.6 Å². The van der Waals surface area contributed by atoms with Crippen molar-refractivity contribution in [2.75, 3.05) is 7.05 Å². The molecule has 0 rings (SSSR count). The molecule has 3 atom stereocenters. The van der Waals surface area contributed by atoms with E-state index in [9.17, 15) is 19.5 Å². The monoisotopic (exact) mass is 313 g/mol. The van der Waals surface area contributed by atoms with Gasteiger partial charge in [0.25, 0.3) is 0 Å². The summed E-state index contributed by atoms with van der Waals surface area (Å²) in [5, 5.41) is 18.7. The summed E-state index contributed by atoms with van der Waals surface area (Å²) < 4.78 is 0. The fourth-order valence-electron chi connectivity index (χ4n) is 1.44. The van der Waals surface area contributed by atoms with Gasteiger partial charge in [-0.15, -0.1) is 0 Å². The molecule has 0 aliphatic heterocycles. The molecule has 0 aromatic rings.